The highest BCUT2D eigenvalue weighted by Crippen LogP contribution is 2.33. The van der Waals surface area contributed by atoms with E-state index >= 15 is 0 Å². The third kappa shape index (κ3) is 4.77. The van der Waals surface area contributed by atoms with Gasteiger partial charge in [-0.25, -0.2) is 4.52 Å². The SMILES string of the molecule is CCc1ccc2c(-c3cncc(Br)c3)c(C(=O)NCc3cccc(OC)c3)c(COC)nn12. The van der Waals surface area contributed by atoms with Gasteiger partial charge in [0.2, 0.25) is 0 Å². The summed E-state index contributed by atoms with van der Waals surface area (Å²) in [5.41, 5.74) is 5.47. The molecule has 0 unspecified atom stereocenters. The Hall–Kier alpha value is -3.23. The van der Waals surface area contributed by atoms with Crippen molar-refractivity contribution in [1.82, 2.24) is 19.9 Å². The van der Waals surface area contributed by atoms with Crippen LogP contribution in [0.25, 0.3) is 16.6 Å². The molecule has 0 spiro atoms. The van der Waals surface area contributed by atoms with Crippen LogP contribution in [0.4, 0.5) is 0 Å². The minimum Gasteiger partial charge on any atom is -0.497 e. The number of ether oxygens (including phenoxy) is 2. The van der Waals surface area contributed by atoms with Crippen molar-refractivity contribution in [3.8, 4) is 16.9 Å². The highest BCUT2D eigenvalue weighted by atomic mass is 79.9. The molecule has 0 atom stereocenters. The molecule has 0 radical (unpaired) electrons. The number of nitrogens with zero attached hydrogens (tertiary/aromatic N) is 3. The predicted molar refractivity (Wildman–Crippen MR) is 130 cm³/mol. The van der Waals surface area contributed by atoms with Gasteiger partial charge in [-0.15, -0.1) is 0 Å². The number of carbonyl (C=O) groups is 1. The second kappa shape index (κ2) is 10.1. The number of hydrogen-bond acceptors (Lipinski definition) is 5. The first-order chi connectivity index (χ1) is 16.0. The maximum Gasteiger partial charge on any atom is 0.254 e. The van der Waals surface area contributed by atoms with Crippen molar-refractivity contribution in [3.05, 3.63) is 81.8 Å². The number of halogens is 1. The maximum absolute atomic E-state index is 13.6. The summed E-state index contributed by atoms with van der Waals surface area (Å²) >= 11 is 3.51. The van der Waals surface area contributed by atoms with Gasteiger partial charge >= 0.3 is 0 Å². The van der Waals surface area contributed by atoms with Gasteiger partial charge < -0.3 is 14.8 Å². The van der Waals surface area contributed by atoms with Gasteiger partial charge in [0, 0.05) is 47.3 Å². The Morgan fingerprint density at radius 2 is 2.00 bits per heavy atom. The van der Waals surface area contributed by atoms with E-state index in [0.29, 0.717) is 17.8 Å². The molecule has 170 valence electrons. The third-order valence-corrected chi connectivity index (χ3v) is 5.83. The molecule has 7 nitrogen and oxygen atoms in total. The minimum atomic E-state index is -0.228. The van der Waals surface area contributed by atoms with E-state index in [-0.39, 0.29) is 12.5 Å². The highest BCUT2D eigenvalue weighted by Gasteiger charge is 2.24. The van der Waals surface area contributed by atoms with Gasteiger partial charge in [0.05, 0.1) is 24.8 Å². The first-order valence-electron chi connectivity index (χ1n) is 10.6. The molecule has 3 heterocycles. The van der Waals surface area contributed by atoms with Crippen molar-refractivity contribution in [2.45, 2.75) is 26.5 Å². The number of carbonyl (C=O) groups excluding carboxylic acids is 1. The van der Waals surface area contributed by atoms with E-state index in [1.165, 1.54) is 0 Å². The number of methoxy groups -OCH3 is 2. The number of rotatable bonds is 8. The summed E-state index contributed by atoms with van der Waals surface area (Å²) in [6, 6.07) is 13.6. The van der Waals surface area contributed by atoms with Crippen molar-refractivity contribution >= 4 is 27.4 Å². The Balaban J connectivity index is 1.85. The number of hydrogen-bond donors (Lipinski definition) is 1. The summed E-state index contributed by atoms with van der Waals surface area (Å²) < 4.78 is 13.4. The van der Waals surface area contributed by atoms with Gasteiger partial charge in [-0.05, 0) is 58.2 Å². The molecule has 8 heteroatoms. The van der Waals surface area contributed by atoms with E-state index in [9.17, 15) is 4.79 Å². The number of nitrogens with one attached hydrogen (secondary N) is 1. The molecule has 33 heavy (non-hydrogen) atoms. The van der Waals surface area contributed by atoms with Crippen molar-refractivity contribution < 1.29 is 14.3 Å². The average molecular weight is 509 g/mol. The molecule has 0 bridgehead atoms. The van der Waals surface area contributed by atoms with Crippen LogP contribution in [0.5, 0.6) is 5.75 Å². The van der Waals surface area contributed by atoms with E-state index < -0.39 is 0 Å². The lowest BCUT2D eigenvalue weighted by Gasteiger charge is -2.17. The van der Waals surface area contributed by atoms with Crippen molar-refractivity contribution in [2.75, 3.05) is 14.2 Å². The largest absolute Gasteiger partial charge is 0.497 e. The average Bonchev–Trinajstić information content (AvgIpc) is 3.24. The molecular formula is C25H25BrN4O3. The molecule has 0 aliphatic carbocycles. The first-order valence-corrected chi connectivity index (χ1v) is 11.4. The standard InChI is InChI=1S/C25H25BrN4O3/c1-4-19-8-9-22-23(17-11-18(26)14-27-13-17)24(21(15-32-2)29-30(19)22)25(31)28-12-16-6-5-7-20(10-16)33-3/h5-11,13-14H,4,12,15H2,1-3H3,(H,28,31). The highest BCUT2D eigenvalue weighted by molar-refractivity contribution is 9.10. The summed E-state index contributed by atoms with van der Waals surface area (Å²) in [5, 5.41) is 7.83. The van der Waals surface area contributed by atoms with Crippen LogP contribution < -0.4 is 10.1 Å². The number of benzene rings is 1. The Labute approximate surface area is 200 Å². The molecule has 4 aromatic rings. The van der Waals surface area contributed by atoms with E-state index in [1.807, 2.05) is 47.0 Å². The molecule has 0 saturated carbocycles. The number of aromatic nitrogens is 3. The number of amides is 1. The van der Waals surface area contributed by atoms with Crippen LogP contribution in [0.2, 0.25) is 0 Å². The fourth-order valence-corrected chi connectivity index (χ4v) is 4.23. The van der Waals surface area contributed by atoms with Crippen LogP contribution in [0.1, 0.15) is 34.2 Å². The van der Waals surface area contributed by atoms with E-state index in [1.54, 1.807) is 26.6 Å². The summed E-state index contributed by atoms with van der Waals surface area (Å²) in [6.45, 7) is 2.63. The summed E-state index contributed by atoms with van der Waals surface area (Å²) in [6.07, 6.45) is 4.29. The normalized spacial score (nSPS) is 11.0. The second-order valence-corrected chi connectivity index (χ2v) is 8.45. The fraction of sp³-hybridized carbons (Fsp3) is 0.240. The van der Waals surface area contributed by atoms with Crippen molar-refractivity contribution in [1.29, 1.82) is 0 Å². The smallest absolute Gasteiger partial charge is 0.254 e. The van der Waals surface area contributed by atoms with Crippen molar-refractivity contribution in [2.24, 2.45) is 0 Å². The number of aryl methyl sites for hydroxylation is 1. The number of pyridine rings is 1. The Kier molecular flexibility index (Phi) is 7.05. The van der Waals surface area contributed by atoms with Gasteiger partial charge in [-0.1, -0.05) is 19.1 Å². The summed E-state index contributed by atoms with van der Waals surface area (Å²) in [5.74, 6) is 0.514. The monoisotopic (exact) mass is 508 g/mol. The molecule has 0 aliphatic heterocycles. The fourth-order valence-electron chi connectivity index (χ4n) is 3.87. The van der Waals surface area contributed by atoms with Crippen LogP contribution in [-0.2, 0) is 24.3 Å². The van der Waals surface area contributed by atoms with Gasteiger partial charge in [-0.2, -0.15) is 5.10 Å². The minimum absolute atomic E-state index is 0.202. The molecule has 0 fully saturated rings. The van der Waals surface area contributed by atoms with Crippen LogP contribution in [0.3, 0.4) is 0 Å². The lowest BCUT2D eigenvalue weighted by atomic mass is 9.99. The molecule has 0 saturated heterocycles. The maximum atomic E-state index is 13.6. The van der Waals surface area contributed by atoms with Gasteiger partial charge in [0.15, 0.2) is 0 Å². The molecule has 1 aromatic carbocycles. The van der Waals surface area contributed by atoms with Crippen LogP contribution in [-0.4, -0.2) is 34.7 Å². The lowest BCUT2D eigenvalue weighted by molar-refractivity contribution is 0.0945. The molecule has 1 amide bonds. The summed E-state index contributed by atoms with van der Waals surface area (Å²) in [4.78, 5) is 17.9. The van der Waals surface area contributed by atoms with Gasteiger partial charge in [-0.3, -0.25) is 9.78 Å². The zero-order valence-corrected chi connectivity index (χ0v) is 20.3. The van der Waals surface area contributed by atoms with E-state index in [2.05, 4.69) is 33.2 Å². The van der Waals surface area contributed by atoms with Crippen molar-refractivity contribution in [3.63, 3.8) is 0 Å². The quantitative estimate of drug-likeness (QED) is 0.369. The third-order valence-electron chi connectivity index (χ3n) is 5.40. The van der Waals surface area contributed by atoms with Crippen LogP contribution >= 0.6 is 15.9 Å². The van der Waals surface area contributed by atoms with E-state index in [0.717, 1.165) is 44.5 Å². The Morgan fingerprint density at radius 3 is 2.73 bits per heavy atom. The Morgan fingerprint density at radius 1 is 1.15 bits per heavy atom. The van der Waals surface area contributed by atoms with Gasteiger partial charge in [0.25, 0.3) is 5.91 Å². The molecule has 0 aliphatic rings. The second-order valence-electron chi connectivity index (χ2n) is 7.53. The molecule has 1 N–H and O–H groups in total. The number of fused-ring (bicyclic) bond motifs is 1. The summed E-state index contributed by atoms with van der Waals surface area (Å²) in [7, 11) is 3.22. The Bertz CT molecular complexity index is 1300. The predicted octanol–water partition coefficient (Wildman–Crippen LogP) is 4.81. The topological polar surface area (TPSA) is 77.8 Å². The zero-order chi connectivity index (χ0) is 23.4. The van der Waals surface area contributed by atoms with E-state index in [4.69, 9.17) is 14.6 Å². The zero-order valence-electron chi connectivity index (χ0n) is 18.8. The van der Waals surface area contributed by atoms with Crippen LogP contribution in [0, 0.1) is 0 Å². The molecule has 4 rings (SSSR count). The molecule has 3 aromatic heterocycles. The van der Waals surface area contributed by atoms with Gasteiger partial charge in [0.1, 0.15) is 11.4 Å². The first kappa shape index (κ1) is 22.9. The molecular weight excluding hydrogens is 484 g/mol. The lowest BCUT2D eigenvalue weighted by Crippen LogP contribution is -2.26. The van der Waals surface area contributed by atoms with Crippen LogP contribution in [0.15, 0.2) is 59.3 Å².